The summed E-state index contributed by atoms with van der Waals surface area (Å²) < 4.78 is 6.92. The van der Waals surface area contributed by atoms with Crippen LogP contribution in [0.25, 0.3) is 0 Å². The SMILES string of the molecule is NC(=O)c1cnn(C2CN(C(=O)N3CCOCC3)C2)c1. The number of ether oxygens (including phenoxy) is 1. The van der Waals surface area contributed by atoms with Crippen LogP contribution in [0.4, 0.5) is 4.79 Å². The first-order chi connectivity index (χ1) is 9.65. The van der Waals surface area contributed by atoms with Gasteiger partial charge in [0.05, 0.1) is 31.0 Å². The smallest absolute Gasteiger partial charge is 0.320 e. The minimum atomic E-state index is -0.489. The van der Waals surface area contributed by atoms with Crippen molar-refractivity contribution in [3.63, 3.8) is 0 Å². The highest BCUT2D eigenvalue weighted by molar-refractivity contribution is 5.92. The predicted octanol–water partition coefficient (Wildman–Crippen LogP) is -0.709. The van der Waals surface area contributed by atoms with Crippen LogP contribution in [0.2, 0.25) is 0 Å². The van der Waals surface area contributed by atoms with Gasteiger partial charge in [-0.15, -0.1) is 0 Å². The zero-order chi connectivity index (χ0) is 14.1. The Labute approximate surface area is 116 Å². The molecule has 8 heteroatoms. The number of hydrogen-bond acceptors (Lipinski definition) is 4. The maximum Gasteiger partial charge on any atom is 0.320 e. The monoisotopic (exact) mass is 279 g/mol. The number of primary amides is 1. The van der Waals surface area contributed by atoms with Gasteiger partial charge in [0.15, 0.2) is 0 Å². The molecule has 20 heavy (non-hydrogen) atoms. The lowest BCUT2D eigenvalue weighted by Crippen LogP contribution is -2.57. The first kappa shape index (κ1) is 12.9. The third-order valence-electron chi connectivity index (χ3n) is 3.67. The molecule has 0 aliphatic carbocycles. The second-order valence-electron chi connectivity index (χ2n) is 5.01. The summed E-state index contributed by atoms with van der Waals surface area (Å²) >= 11 is 0. The van der Waals surface area contributed by atoms with Gasteiger partial charge in [-0.05, 0) is 0 Å². The molecule has 2 aliphatic rings. The standard InChI is InChI=1S/C12H17N5O3/c13-11(18)9-5-14-17(6-9)10-7-16(8-10)12(19)15-1-3-20-4-2-15/h5-6,10H,1-4,7-8H2,(H2,13,18). The van der Waals surface area contributed by atoms with E-state index in [1.165, 1.54) is 6.20 Å². The van der Waals surface area contributed by atoms with Crippen molar-refractivity contribution in [2.75, 3.05) is 39.4 Å². The number of aromatic nitrogens is 2. The second kappa shape index (κ2) is 5.12. The summed E-state index contributed by atoms with van der Waals surface area (Å²) in [5.41, 5.74) is 5.58. The van der Waals surface area contributed by atoms with Gasteiger partial charge in [0.2, 0.25) is 0 Å². The third-order valence-corrected chi connectivity index (χ3v) is 3.67. The van der Waals surface area contributed by atoms with E-state index in [1.807, 2.05) is 0 Å². The number of carbonyl (C=O) groups excluding carboxylic acids is 2. The summed E-state index contributed by atoms with van der Waals surface area (Å²) in [4.78, 5) is 26.8. The molecule has 1 aromatic heterocycles. The number of urea groups is 1. The van der Waals surface area contributed by atoms with Crippen molar-refractivity contribution in [3.05, 3.63) is 18.0 Å². The number of nitrogens with zero attached hydrogens (tertiary/aromatic N) is 4. The number of carbonyl (C=O) groups is 2. The Bertz CT molecular complexity index is 517. The van der Waals surface area contributed by atoms with E-state index in [0.29, 0.717) is 45.0 Å². The molecule has 0 atom stereocenters. The van der Waals surface area contributed by atoms with Gasteiger partial charge < -0.3 is 20.3 Å². The Balaban J connectivity index is 1.55. The van der Waals surface area contributed by atoms with E-state index in [4.69, 9.17) is 10.5 Å². The van der Waals surface area contributed by atoms with E-state index in [9.17, 15) is 9.59 Å². The molecule has 2 aliphatic heterocycles. The molecular weight excluding hydrogens is 262 g/mol. The minimum absolute atomic E-state index is 0.0480. The third kappa shape index (κ3) is 2.34. The summed E-state index contributed by atoms with van der Waals surface area (Å²) in [5, 5.41) is 4.11. The first-order valence-corrected chi connectivity index (χ1v) is 6.60. The number of morpholine rings is 1. The number of nitrogens with two attached hydrogens (primary N) is 1. The molecule has 0 aromatic carbocycles. The lowest BCUT2D eigenvalue weighted by Gasteiger charge is -2.42. The second-order valence-corrected chi connectivity index (χ2v) is 5.01. The quantitative estimate of drug-likeness (QED) is 0.774. The fraction of sp³-hybridized carbons (Fsp3) is 0.583. The molecule has 2 saturated heterocycles. The molecule has 108 valence electrons. The summed E-state index contributed by atoms with van der Waals surface area (Å²) in [7, 11) is 0. The lowest BCUT2D eigenvalue weighted by atomic mass is 10.1. The van der Waals surface area contributed by atoms with Gasteiger partial charge in [0.25, 0.3) is 5.91 Å². The zero-order valence-electron chi connectivity index (χ0n) is 11.1. The van der Waals surface area contributed by atoms with Crippen LogP contribution in [0, 0.1) is 0 Å². The van der Waals surface area contributed by atoms with Gasteiger partial charge in [0, 0.05) is 32.4 Å². The fourth-order valence-electron chi connectivity index (χ4n) is 2.40. The van der Waals surface area contributed by atoms with Gasteiger partial charge in [-0.25, -0.2) is 4.79 Å². The van der Waals surface area contributed by atoms with E-state index in [2.05, 4.69) is 5.10 Å². The molecule has 8 nitrogen and oxygen atoms in total. The predicted molar refractivity (Wildman–Crippen MR) is 69.1 cm³/mol. The summed E-state index contributed by atoms with van der Waals surface area (Å²) in [6.07, 6.45) is 3.08. The van der Waals surface area contributed by atoms with Gasteiger partial charge in [-0.2, -0.15) is 5.10 Å². The lowest BCUT2D eigenvalue weighted by molar-refractivity contribution is 0.0290. The Morgan fingerprint density at radius 1 is 1.25 bits per heavy atom. The van der Waals surface area contributed by atoms with Crippen LogP contribution in [-0.2, 0) is 4.74 Å². The minimum Gasteiger partial charge on any atom is -0.378 e. The Kier molecular flexibility index (Phi) is 3.31. The number of rotatable bonds is 2. The number of hydrogen-bond donors (Lipinski definition) is 1. The van der Waals surface area contributed by atoms with Crippen molar-refractivity contribution in [1.82, 2.24) is 19.6 Å². The van der Waals surface area contributed by atoms with Crippen molar-refractivity contribution in [3.8, 4) is 0 Å². The highest BCUT2D eigenvalue weighted by Gasteiger charge is 2.35. The van der Waals surface area contributed by atoms with Crippen LogP contribution < -0.4 is 5.73 Å². The van der Waals surface area contributed by atoms with E-state index in [1.54, 1.807) is 20.7 Å². The molecule has 3 heterocycles. The highest BCUT2D eigenvalue weighted by Crippen LogP contribution is 2.22. The van der Waals surface area contributed by atoms with Crippen LogP contribution in [0.3, 0.4) is 0 Å². The summed E-state index contributed by atoms with van der Waals surface area (Å²) in [6.45, 7) is 3.71. The fourth-order valence-corrected chi connectivity index (χ4v) is 2.40. The van der Waals surface area contributed by atoms with Gasteiger partial charge >= 0.3 is 6.03 Å². The molecule has 0 spiro atoms. The Hall–Kier alpha value is -2.09. The van der Waals surface area contributed by atoms with E-state index >= 15 is 0 Å². The van der Waals surface area contributed by atoms with Crippen LogP contribution >= 0.6 is 0 Å². The normalized spacial score (nSPS) is 19.8. The van der Waals surface area contributed by atoms with Crippen molar-refractivity contribution in [1.29, 1.82) is 0 Å². The topological polar surface area (TPSA) is 93.7 Å². The Morgan fingerprint density at radius 2 is 1.95 bits per heavy atom. The van der Waals surface area contributed by atoms with Gasteiger partial charge in [0.1, 0.15) is 0 Å². The van der Waals surface area contributed by atoms with Crippen molar-refractivity contribution in [2.24, 2.45) is 5.73 Å². The highest BCUT2D eigenvalue weighted by atomic mass is 16.5. The maximum atomic E-state index is 12.2. The van der Waals surface area contributed by atoms with Crippen LogP contribution in [0.1, 0.15) is 16.4 Å². The van der Waals surface area contributed by atoms with Crippen molar-refractivity contribution >= 4 is 11.9 Å². The molecule has 0 bridgehead atoms. The maximum absolute atomic E-state index is 12.2. The van der Waals surface area contributed by atoms with Gasteiger partial charge in [-0.1, -0.05) is 0 Å². The summed E-state index contributed by atoms with van der Waals surface area (Å²) in [6, 6.07) is 0.167. The van der Waals surface area contributed by atoms with E-state index in [0.717, 1.165) is 0 Å². The first-order valence-electron chi connectivity index (χ1n) is 6.60. The molecule has 3 amide bonds. The van der Waals surface area contributed by atoms with E-state index < -0.39 is 5.91 Å². The van der Waals surface area contributed by atoms with Crippen molar-refractivity contribution < 1.29 is 14.3 Å². The average molecular weight is 279 g/mol. The van der Waals surface area contributed by atoms with Crippen molar-refractivity contribution in [2.45, 2.75) is 6.04 Å². The molecule has 2 fully saturated rings. The molecule has 0 radical (unpaired) electrons. The molecule has 1 aromatic rings. The molecule has 3 rings (SSSR count). The summed E-state index contributed by atoms with van der Waals surface area (Å²) in [5.74, 6) is -0.489. The molecule has 0 saturated carbocycles. The number of likely N-dealkylation sites (tertiary alicyclic amines) is 1. The molecular formula is C12H17N5O3. The van der Waals surface area contributed by atoms with Crippen LogP contribution in [0.15, 0.2) is 12.4 Å². The molecule has 2 N–H and O–H groups in total. The average Bonchev–Trinajstić information content (AvgIpc) is 2.87. The van der Waals surface area contributed by atoms with Gasteiger partial charge in [-0.3, -0.25) is 9.48 Å². The molecule has 0 unspecified atom stereocenters. The largest absolute Gasteiger partial charge is 0.378 e. The number of amides is 3. The van der Waals surface area contributed by atoms with Crippen LogP contribution in [-0.4, -0.2) is 70.9 Å². The van der Waals surface area contributed by atoms with E-state index in [-0.39, 0.29) is 12.1 Å². The zero-order valence-corrected chi connectivity index (χ0v) is 11.1. The Morgan fingerprint density at radius 3 is 2.55 bits per heavy atom. The van der Waals surface area contributed by atoms with Crippen LogP contribution in [0.5, 0.6) is 0 Å².